The van der Waals surface area contributed by atoms with Crippen LogP contribution >= 0.6 is 0 Å². The van der Waals surface area contributed by atoms with Crippen molar-refractivity contribution in [2.75, 3.05) is 0 Å². The third-order valence-corrected chi connectivity index (χ3v) is 4.69. The lowest BCUT2D eigenvalue weighted by atomic mass is 9.66. The highest BCUT2D eigenvalue weighted by Crippen LogP contribution is 2.49. The molecule has 1 aliphatic heterocycles. The Morgan fingerprint density at radius 3 is 2.67 bits per heavy atom. The fourth-order valence-electron chi connectivity index (χ4n) is 3.82. The van der Waals surface area contributed by atoms with E-state index in [2.05, 4.69) is 0 Å². The van der Waals surface area contributed by atoms with Gasteiger partial charge in [-0.3, -0.25) is 14.4 Å². The summed E-state index contributed by atoms with van der Waals surface area (Å²) < 4.78 is 5.43. The summed E-state index contributed by atoms with van der Waals surface area (Å²) in [4.78, 5) is 36.8. The van der Waals surface area contributed by atoms with Crippen molar-refractivity contribution in [3.63, 3.8) is 0 Å². The Balaban J connectivity index is 1.90. The number of hydrogen-bond acceptors (Lipinski definition) is 4. The van der Waals surface area contributed by atoms with Crippen molar-refractivity contribution >= 4 is 17.5 Å². The van der Waals surface area contributed by atoms with Crippen LogP contribution in [0, 0.1) is 5.92 Å². The number of para-hydroxylation sites is 1. The summed E-state index contributed by atoms with van der Waals surface area (Å²) in [6, 6.07) is 7.36. The molecule has 2 unspecified atom stereocenters. The molecule has 0 spiro atoms. The number of rotatable bonds is 0. The van der Waals surface area contributed by atoms with Gasteiger partial charge in [0.05, 0.1) is 11.5 Å². The molecule has 0 bridgehead atoms. The minimum Gasteiger partial charge on any atom is -0.426 e. The summed E-state index contributed by atoms with van der Waals surface area (Å²) in [6.45, 7) is 0. The molecule has 0 aromatic heterocycles. The van der Waals surface area contributed by atoms with Crippen LogP contribution in [0.2, 0.25) is 0 Å². The standard InChI is InChI=1S/C17H14O4/c18-12-6-3-5-10-15-11(8-13(19)16(10)12)9-4-1-2-7-14(9)21-17(15)20/h1-2,4,7,11,15H,3,5-6,8H2. The Kier molecular flexibility index (Phi) is 2.61. The average Bonchev–Trinajstić information content (AvgIpc) is 2.47. The zero-order valence-corrected chi connectivity index (χ0v) is 11.4. The first kappa shape index (κ1) is 12.5. The van der Waals surface area contributed by atoms with E-state index in [4.69, 9.17) is 4.74 Å². The van der Waals surface area contributed by atoms with E-state index >= 15 is 0 Å². The Morgan fingerprint density at radius 1 is 1.00 bits per heavy atom. The lowest BCUT2D eigenvalue weighted by molar-refractivity contribution is -0.140. The summed E-state index contributed by atoms with van der Waals surface area (Å²) >= 11 is 0. The van der Waals surface area contributed by atoms with Gasteiger partial charge in [-0.25, -0.2) is 0 Å². The first-order valence-electron chi connectivity index (χ1n) is 7.27. The smallest absolute Gasteiger partial charge is 0.319 e. The monoisotopic (exact) mass is 282 g/mol. The molecule has 4 nitrogen and oxygen atoms in total. The summed E-state index contributed by atoms with van der Waals surface area (Å²) in [7, 11) is 0. The molecule has 0 radical (unpaired) electrons. The van der Waals surface area contributed by atoms with Crippen molar-refractivity contribution in [3.05, 3.63) is 41.0 Å². The molecule has 21 heavy (non-hydrogen) atoms. The van der Waals surface area contributed by atoms with E-state index in [1.54, 1.807) is 6.07 Å². The number of esters is 1. The highest BCUT2D eigenvalue weighted by atomic mass is 16.5. The van der Waals surface area contributed by atoms with Gasteiger partial charge in [-0.1, -0.05) is 18.2 Å². The van der Waals surface area contributed by atoms with Crippen LogP contribution in [0.3, 0.4) is 0 Å². The van der Waals surface area contributed by atoms with Gasteiger partial charge < -0.3 is 4.74 Å². The van der Waals surface area contributed by atoms with Crippen LogP contribution in [0.1, 0.15) is 37.2 Å². The Bertz CT molecular complexity index is 713. The van der Waals surface area contributed by atoms with Gasteiger partial charge in [0.2, 0.25) is 0 Å². The second kappa shape index (κ2) is 4.38. The highest BCUT2D eigenvalue weighted by molar-refractivity contribution is 6.22. The minimum absolute atomic E-state index is 0.105. The normalized spacial score (nSPS) is 27.7. The molecule has 1 heterocycles. The van der Waals surface area contributed by atoms with E-state index in [9.17, 15) is 14.4 Å². The minimum atomic E-state index is -0.461. The van der Waals surface area contributed by atoms with Crippen LogP contribution in [0.15, 0.2) is 35.4 Å². The van der Waals surface area contributed by atoms with E-state index in [0.717, 1.165) is 5.56 Å². The number of fused-ring (bicyclic) bond motifs is 4. The average molecular weight is 282 g/mol. The van der Waals surface area contributed by atoms with Crippen molar-refractivity contribution in [3.8, 4) is 5.75 Å². The predicted octanol–water partition coefficient (Wildman–Crippen LogP) is 2.33. The van der Waals surface area contributed by atoms with E-state index in [-0.39, 0.29) is 29.9 Å². The molecule has 1 aromatic rings. The quantitative estimate of drug-likeness (QED) is 0.416. The van der Waals surface area contributed by atoms with Gasteiger partial charge in [0.25, 0.3) is 0 Å². The summed E-state index contributed by atoms with van der Waals surface area (Å²) in [5.41, 5.74) is 1.91. The van der Waals surface area contributed by atoms with Crippen LogP contribution in [0.4, 0.5) is 0 Å². The van der Waals surface area contributed by atoms with Crippen molar-refractivity contribution in [1.29, 1.82) is 0 Å². The van der Waals surface area contributed by atoms with Crippen molar-refractivity contribution in [2.45, 2.75) is 31.6 Å². The molecular weight excluding hydrogens is 268 g/mol. The Morgan fingerprint density at radius 2 is 1.81 bits per heavy atom. The molecule has 4 rings (SSSR count). The molecular formula is C17H14O4. The predicted molar refractivity (Wildman–Crippen MR) is 73.8 cm³/mol. The van der Waals surface area contributed by atoms with E-state index in [1.807, 2.05) is 18.2 Å². The van der Waals surface area contributed by atoms with Gasteiger partial charge >= 0.3 is 5.97 Å². The van der Waals surface area contributed by atoms with Gasteiger partial charge in [0.15, 0.2) is 11.6 Å². The number of ketones is 2. The lowest BCUT2D eigenvalue weighted by Crippen LogP contribution is -2.40. The molecule has 106 valence electrons. The summed E-state index contributed by atoms with van der Waals surface area (Å²) in [5, 5.41) is 0. The molecule has 0 amide bonds. The number of benzene rings is 1. The number of ether oxygens (including phenoxy) is 1. The molecule has 0 saturated carbocycles. The van der Waals surface area contributed by atoms with E-state index in [0.29, 0.717) is 36.2 Å². The second-order valence-corrected chi connectivity index (χ2v) is 5.85. The summed E-state index contributed by atoms with van der Waals surface area (Å²) in [6.07, 6.45) is 1.99. The zero-order chi connectivity index (χ0) is 14.6. The fraction of sp³-hybridized carbons (Fsp3) is 0.353. The van der Waals surface area contributed by atoms with Crippen molar-refractivity contribution in [2.24, 2.45) is 5.92 Å². The number of Topliss-reactive ketones (excluding diaryl/α,β-unsaturated/α-hetero) is 2. The first-order valence-corrected chi connectivity index (χ1v) is 7.27. The second-order valence-electron chi connectivity index (χ2n) is 5.85. The maximum atomic E-state index is 12.4. The van der Waals surface area contributed by atoms with Crippen LogP contribution in [-0.2, 0) is 14.4 Å². The van der Waals surface area contributed by atoms with Crippen molar-refractivity contribution in [1.82, 2.24) is 0 Å². The van der Waals surface area contributed by atoms with Crippen LogP contribution < -0.4 is 4.74 Å². The Hall–Kier alpha value is -2.23. The van der Waals surface area contributed by atoms with Crippen LogP contribution in [0.25, 0.3) is 0 Å². The highest BCUT2D eigenvalue weighted by Gasteiger charge is 2.47. The van der Waals surface area contributed by atoms with Gasteiger partial charge in [0.1, 0.15) is 5.75 Å². The molecule has 1 aromatic carbocycles. The van der Waals surface area contributed by atoms with Gasteiger partial charge in [-0.05, 0) is 30.0 Å². The number of allylic oxidation sites excluding steroid dienone is 1. The maximum absolute atomic E-state index is 12.4. The van der Waals surface area contributed by atoms with Crippen LogP contribution in [0.5, 0.6) is 5.75 Å². The maximum Gasteiger partial charge on any atom is 0.319 e. The molecule has 0 N–H and O–H groups in total. The van der Waals surface area contributed by atoms with Crippen molar-refractivity contribution < 1.29 is 19.1 Å². The molecule has 0 saturated heterocycles. The van der Waals surface area contributed by atoms with Gasteiger partial charge in [0, 0.05) is 18.8 Å². The molecule has 2 atom stereocenters. The largest absolute Gasteiger partial charge is 0.426 e. The fourth-order valence-corrected chi connectivity index (χ4v) is 3.82. The summed E-state index contributed by atoms with van der Waals surface area (Å²) in [5.74, 6) is -0.639. The van der Waals surface area contributed by atoms with E-state index < -0.39 is 5.92 Å². The molecule has 3 aliphatic rings. The van der Waals surface area contributed by atoms with E-state index in [1.165, 1.54) is 0 Å². The van der Waals surface area contributed by atoms with Crippen LogP contribution in [-0.4, -0.2) is 17.5 Å². The van der Waals surface area contributed by atoms with Gasteiger partial charge in [-0.15, -0.1) is 0 Å². The topological polar surface area (TPSA) is 60.4 Å². The Labute approximate surface area is 121 Å². The molecule has 0 fully saturated rings. The number of carbonyl (C=O) groups is 3. The zero-order valence-electron chi connectivity index (χ0n) is 11.4. The number of hydrogen-bond donors (Lipinski definition) is 0. The van der Waals surface area contributed by atoms with Gasteiger partial charge in [-0.2, -0.15) is 0 Å². The molecule has 2 aliphatic carbocycles. The SMILES string of the molecule is O=C1CCCC2=C1C(=O)CC1c3ccccc3OC(=O)C21. The third kappa shape index (κ3) is 1.71. The first-order chi connectivity index (χ1) is 10.2. The lowest BCUT2D eigenvalue weighted by Gasteiger charge is -2.38. The molecule has 4 heteroatoms. The number of carbonyl (C=O) groups excluding carboxylic acids is 3. The third-order valence-electron chi connectivity index (χ3n) is 4.69.